The van der Waals surface area contributed by atoms with Crippen LogP contribution < -0.4 is 10.0 Å². The molecule has 0 unspecified atom stereocenters. The molecule has 8 heteroatoms. The number of thiophene rings is 1. The number of furan rings is 1. The molecule has 0 saturated carbocycles. The molecule has 0 aliphatic carbocycles. The van der Waals surface area contributed by atoms with E-state index in [4.69, 9.17) is 4.42 Å². The fraction of sp³-hybridized carbons (Fsp3) is 0.308. The molecular formula is C13H16N2O4S2. The SMILES string of the molecule is CCc1ccc(S(=O)(=O)NCC(=O)NCc2ccco2)s1. The molecule has 0 bridgehead atoms. The number of hydrogen-bond donors (Lipinski definition) is 2. The fourth-order valence-corrected chi connectivity index (χ4v) is 3.91. The Morgan fingerprint density at radius 1 is 1.33 bits per heavy atom. The van der Waals surface area contributed by atoms with E-state index in [0.29, 0.717) is 5.76 Å². The van der Waals surface area contributed by atoms with Crippen LogP contribution in [0.15, 0.2) is 39.2 Å². The van der Waals surface area contributed by atoms with Gasteiger partial charge in [-0.2, -0.15) is 0 Å². The van der Waals surface area contributed by atoms with Crippen LogP contribution in [0.2, 0.25) is 0 Å². The Bertz CT molecular complexity index is 690. The highest BCUT2D eigenvalue weighted by atomic mass is 32.2. The van der Waals surface area contributed by atoms with Crippen LogP contribution >= 0.6 is 11.3 Å². The summed E-state index contributed by atoms with van der Waals surface area (Å²) in [5, 5.41) is 2.57. The Labute approximate surface area is 127 Å². The van der Waals surface area contributed by atoms with Gasteiger partial charge in [-0.25, -0.2) is 13.1 Å². The molecule has 0 aliphatic rings. The molecule has 0 saturated heterocycles. The summed E-state index contributed by atoms with van der Waals surface area (Å²) in [7, 11) is -3.63. The van der Waals surface area contributed by atoms with Gasteiger partial charge in [0.15, 0.2) is 0 Å². The average Bonchev–Trinajstić information content (AvgIpc) is 3.13. The molecule has 2 aromatic rings. The molecule has 1 amide bonds. The summed E-state index contributed by atoms with van der Waals surface area (Å²) in [5.41, 5.74) is 0. The van der Waals surface area contributed by atoms with Crippen molar-refractivity contribution in [2.75, 3.05) is 6.54 Å². The highest BCUT2D eigenvalue weighted by molar-refractivity contribution is 7.91. The second kappa shape index (κ2) is 6.88. The van der Waals surface area contributed by atoms with Crippen LogP contribution in [0, 0.1) is 0 Å². The number of carbonyl (C=O) groups is 1. The minimum atomic E-state index is -3.63. The van der Waals surface area contributed by atoms with Crippen LogP contribution in [0.1, 0.15) is 17.6 Å². The maximum Gasteiger partial charge on any atom is 0.250 e. The second-order valence-electron chi connectivity index (χ2n) is 4.25. The fourth-order valence-electron chi connectivity index (χ4n) is 1.59. The van der Waals surface area contributed by atoms with E-state index in [9.17, 15) is 13.2 Å². The largest absolute Gasteiger partial charge is 0.467 e. The Morgan fingerprint density at radius 3 is 2.76 bits per heavy atom. The molecule has 0 aromatic carbocycles. The van der Waals surface area contributed by atoms with Crippen molar-refractivity contribution in [3.63, 3.8) is 0 Å². The van der Waals surface area contributed by atoms with Gasteiger partial charge in [-0.1, -0.05) is 6.92 Å². The zero-order valence-corrected chi connectivity index (χ0v) is 13.1. The lowest BCUT2D eigenvalue weighted by Gasteiger charge is -2.05. The van der Waals surface area contributed by atoms with Crippen molar-refractivity contribution >= 4 is 27.3 Å². The molecule has 114 valence electrons. The second-order valence-corrected chi connectivity index (χ2v) is 7.42. The summed E-state index contributed by atoms with van der Waals surface area (Å²) in [6.07, 6.45) is 2.29. The van der Waals surface area contributed by atoms with Crippen molar-refractivity contribution in [2.45, 2.75) is 24.1 Å². The maximum absolute atomic E-state index is 12.0. The molecule has 0 spiro atoms. The monoisotopic (exact) mass is 328 g/mol. The first kappa shape index (κ1) is 15.7. The first-order valence-corrected chi connectivity index (χ1v) is 8.68. The number of amides is 1. The number of aryl methyl sites for hydroxylation is 1. The molecule has 0 fully saturated rings. The highest BCUT2D eigenvalue weighted by Crippen LogP contribution is 2.21. The van der Waals surface area contributed by atoms with Crippen molar-refractivity contribution in [3.8, 4) is 0 Å². The third-order valence-corrected chi connectivity index (χ3v) is 5.84. The lowest BCUT2D eigenvalue weighted by atomic mass is 10.4. The van der Waals surface area contributed by atoms with Crippen LogP contribution in [0.5, 0.6) is 0 Å². The molecule has 2 aromatic heterocycles. The maximum atomic E-state index is 12.0. The Balaban J connectivity index is 1.84. The van der Waals surface area contributed by atoms with Gasteiger partial charge in [0.05, 0.1) is 19.4 Å². The van der Waals surface area contributed by atoms with E-state index in [1.165, 1.54) is 17.6 Å². The number of sulfonamides is 1. The van der Waals surface area contributed by atoms with Gasteiger partial charge in [0.1, 0.15) is 9.97 Å². The molecule has 2 heterocycles. The third kappa shape index (κ3) is 4.42. The summed E-state index contributed by atoms with van der Waals surface area (Å²) in [6.45, 7) is 1.88. The predicted molar refractivity (Wildman–Crippen MR) is 79.4 cm³/mol. The summed E-state index contributed by atoms with van der Waals surface area (Å²) < 4.78 is 31.6. The molecule has 0 radical (unpaired) electrons. The van der Waals surface area contributed by atoms with Gasteiger partial charge in [-0.15, -0.1) is 11.3 Å². The minimum absolute atomic E-state index is 0.221. The van der Waals surface area contributed by atoms with Crippen LogP contribution in [0.25, 0.3) is 0 Å². The lowest BCUT2D eigenvalue weighted by Crippen LogP contribution is -2.36. The number of hydrogen-bond acceptors (Lipinski definition) is 5. The molecular weight excluding hydrogens is 312 g/mol. The van der Waals surface area contributed by atoms with E-state index in [-0.39, 0.29) is 17.3 Å². The first-order chi connectivity index (χ1) is 10.0. The van der Waals surface area contributed by atoms with Crippen molar-refractivity contribution in [1.82, 2.24) is 10.0 Å². The zero-order valence-electron chi connectivity index (χ0n) is 11.5. The van der Waals surface area contributed by atoms with E-state index in [1.54, 1.807) is 24.3 Å². The van der Waals surface area contributed by atoms with Crippen molar-refractivity contribution in [1.29, 1.82) is 0 Å². The highest BCUT2D eigenvalue weighted by Gasteiger charge is 2.17. The van der Waals surface area contributed by atoms with Crippen LogP contribution in [-0.2, 0) is 27.8 Å². The van der Waals surface area contributed by atoms with Gasteiger partial charge in [0, 0.05) is 4.88 Å². The molecule has 21 heavy (non-hydrogen) atoms. The minimum Gasteiger partial charge on any atom is -0.467 e. The van der Waals surface area contributed by atoms with E-state index in [2.05, 4.69) is 10.0 Å². The Hall–Kier alpha value is -1.64. The van der Waals surface area contributed by atoms with Gasteiger partial charge in [0.2, 0.25) is 5.91 Å². The van der Waals surface area contributed by atoms with Gasteiger partial charge in [-0.05, 0) is 30.7 Å². The summed E-state index contributed by atoms with van der Waals surface area (Å²) in [4.78, 5) is 12.6. The van der Waals surface area contributed by atoms with E-state index in [0.717, 1.165) is 11.3 Å². The third-order valence-electron chi connectivity index (χ3n) is 2.71. The standard InChI is InChI=1S/C13H16N2O4S2/c1-2-11-5-6-13(20-11)21(17,18)15-9-12(16)14-8-10-4-3-7-19-10/h3-7,15H,2,8-9H2,1H3,(H,14,16). The normalized spacial score (nSPS) is 11.5. The average molecular weight is 328 g/mol. The van der Waals surface area contributed by atoms with Gasteiger partial charge < -0.3 is 9.73 Å². The quantitative estimate of drug-likeness (QED) is 0.806. The molecule has 0 atom stereocenters. The molecule has 6 nitrogen and oxygen atoms in total. The van der Waals surface area contributed by atoms with Crippen LogP contribution in [-0.4, -0.2) is 20.9 Å². The Morgan fingerprint density at radius 2 is 2.14 bits per heavy atom. The zero-order chi connectivity index (χ0) is 15.3. The number of nitrogens with one attached hydrogen (secondary N) is 2. The van der Waals surface area contributed by atoms with Crippen molar-refractivity contribution in [2.24, 2.45) is 0 Å². The van der Waals surface area contributed by atoms with Gasteiger partial charge >= 0.3 is 0 Å². The lowest BCUT2D eigenvalue weighted by molar-refractivity contribution is -0.120. The van der Waals surface area contributed by atoms with Gasteiger partial charge in [0.25, 0.3) is 10.0 Å². The van der Waals surface area contributed by atoms with Crippen molar-refractivity contribution < 1.29 is 17.6 Å². The smallest absolute Gasteiger partial charge is 0.250 e. The Kier molecular flexibility index (Phi) is 5.16. The topological polar surface area (TPSA) is 88.4 Å². The summed E-state index contributed by atoms with van der Waals surface area (Å²) in [5.74, 6) is 0.194. The van der Waals surface area contributed by atoms with E-state index in [1.807, 2.05) is 6.92 Å². The number of carbonyl (C=O) groups excluding carboxylic acids is 1. The van der Waals surface area contributed by atoms with Gasteiger partial charge in [-0.3, -0.25) is 4.79 Å². The summed E-state index contributed by atoms with van der Waals surface area (Å²) >= 11 is 1.21. The van der Waals surface area contributed by atoms with Crippen LogP contribution in [0.4, 0.5) is 0 Å². The molecule has 0 aliphatic heterocycles. The first-order valence-electron chi connectivity index (χ1n) is 6.38. The summed E-state index contributed by atoms with van der Waals surface area (Å²) in [6, 6.07) is 6.76. The van der Waals surface area contributed by atoms with E-state index >= 15 is 0 Å². The molecule has 2 N–H and O–H groups in total. The molecule has 2 rings (SSSR count). The van der Waals surface area contributed by atoms with Crippen molar-refractivity contribution in [3.05, 3.63) is 41.2 Å². The van der Waals surface area contributed by atoms with Crippen LogP contribution in [0.3, 0.4) is 0 Å². The van der Waals surface area contributed by atoms with E-state index < -0.39 is 15.9 Å². The number of rotatable bonds is 7. The predicted octanol–water partition coefficient (Wildman–Crippen LogP) is 1.50.